The number of nitriles is 1. The van der Waals surface area contributed by atoms with Gasteiger partial charge in [0, 0.05) is 0 Å². The molecule has 0 atom stereocenters. The number of ether oxygens (including phenoxy) is 2. The Labute approximate surface area is 122 Å². The van der Waals surface area contributed by atoms with Crippen LogP contribution in [-0.4, -0.2) is 25.2 Å². The lowest BCUT2D eigenvalue weighted by molar-refractivity contribution is -0.156. The first-order valence-corrected chi connectivity index (χ1v) is 6.45. The summed E-state index contributed by atoms with van der Waals surface area (Å²) in [7, 11) is 0. The first kappa shape index (κ1) is 16.0. The van der Waals surface area contributed by atoms with Gasteiger partial charge in [0.1, 0.15) is 6.07 Å². The highest BCUT2D eigenvalue weighted by Crippen LogP contribution is 2.25. The van der Waals surface area contributed by atoms with Gasteiger partial charge in [-0.2, -0.15) is 5.26 Å². The molecule has 1 aromatic carbocycles. The van der Waals surface area contributed by atoms with Crippen LogP contribution in [0.4, 0.5) is 0 Å². The molecule has 0 amide bonds. The second kappa shape index (κ2) is 7.51. The average Bonchev–Trinajstić information content (AvgIpc) is 2.40. The first-order valence-electron chi connectivity index (χ1n) is 6.07. The van der Waals surface area contributed by atoms with Gasteiger partial charge in [0.2, 0.25) is 0 Å². The highest BCUT2D eigenvalue weighted by Gasteiger charge is 2.31. The van der Waals surface area contributed by atoms with Crippen LogP contribution in [-0.2, 0) is 19.1 Å². The zero-order chi connectivity index (χ0) is 15.1. The minimum Gasteiger partial charge on any atom is -0.465 e. The minimum absolute atomic E-state index is 0.152. The summed E-state index contributed by atoms with van der Waals surface area (Å²) in [5, 5.41) is 8.99. The van der Waals surface area contributed by atoms with Gasteiger partial charge in [-0.15, -0.1) is 0 Å². The molecule has 0 saturated carbocycles. The van der Waals surface area contributed by atoms with Crippen molar-refractivity contribution in [1.29, 1.82) is 5.26 Å². The largest absolute Gasteiger partial charge is 0.465 e. The number of rotatable bonds is 5. The zero-order valence-electron chi connectivity index (χ0n) is 11.2. The second-order valence-electron chi connectivity index (χ2n) is 3.79. The summed E-state index contributed by atoms with van der Waals surface area (Å²) in [5.41, 5.74) is 0.604. The van der Waals surface area contributed by atoms with Crippen LogP contribution < -0.4 is 0 Å². The van der Waals surface area contributed by atoms with Crippen LogP contribution >= 0.6 is 11.6 Å². The van der Waals surface area contributed by atoms with Crippen molar-refractivity contribution in [3.05, 3.63) is 34.3 Å². The lowest BCUT2D eigenvalue weighted by Gasteiger charge is -2.15. The second-order valence-corrected chi connectivity index (χ2v) is 4.20. The Morgan fingerprint density at radius 1 is 1.25 bits per heavy atom. The van der Waals surface area contributed by atoms with Crippen molar-refractivity contribution in [2.24, 2.45) is 0 Å². The fraction of sp³-hybridized carbons (Fsp3) is 0.357. The first-order chi connectivity index (χ1) is 9.54. The lowest BCUT2D eigenvalue weighted by Crippen LogP contribution is -2.26. The van der Waals surface area contributed by atoms with Gasteiger partial charge in [0.05, 0.1) is 23.8 Å². The molecule has 0 fully saturated rings. The monoisotopic (exact) mass is 295 g/mol. The third-order valence-electron chi connectivity index (χ3n) is 2.49. The van der Waals surface area contributed by atoms with Crippen molar-refractivity contribution < 1.29 is 19.1 Å². The van der Waals surface area contributed by atoms with E-state index in [1.165, 1.54) is 18.2 Å². The molecule has 0 aliphatic rings. The molecule has 20 heavy (non-hydrogen) atoms. The number of esters is 2. The molecular formula is C14H14ClNO4. The number of halogens is 1. The van der Waals surface area contributed by atoms with Crippen molar-refractivity contribution in [1.82, 2.24) is 0 Å². The van der Waals surface area contributed by atoms with Crippen molar-refractivity contribution in [2.75, 3.05) is 13.2 Å². The van der Waals surface area contributed by atoms with E-state index < -0.39 is 17.9 Å². The number of benzene rings is 1. The Bertz CT molecular complexity index is 533. The number of carbonyl (C=O) groups is 2. The van der Waals surface area contributed by atoms with Crippen molar-refractivity contribution >= 4 is 23.5 Å². The maximum Gasteiger partial charge on any atom is 0.324 e. The molecule has 0 radical (unpaired) electrons. The van der Waals surface area contributed by atoms with Crippen LogP contribution in [0, 0.1) is 11.3 Å². The van der Waals surface area contributed by atoms with Crippen LogP contribution in [0.5, 0.6) is 0 Å². The van der Waals surface area contributed by atoms with Crippen LogP contribution in [0.2, 0.25) is 5.02 Å². The molecule has 0 bridgehead atoms. The van der Waals surface area contributed by atoms with Crippen LogP contribution in [0.15, 0.2) is 18.2 Å². The molecule has 0 aliphatic heterocycles. The van der Waals surface area contributed by atoms with E-state index in [1.54, 1.807) is 13.8 Å². The molecule has 6 heteroatoms. The summed E-state index contributed by atoms with van der Waals surface area (Å²) in [6, 6.07) is 6.24. The van der Waals surface area contributed by atoms with Gasteiger partial charge in [0.15, 0.2) is 5.92 Å². The fourth-order valence-corrected chi connectivity index (χ4v) is 1.85. The van der Waals surface area contributed by atoms with Crippen molar-refractivity contribution in [3.8, 4) is 6.07 Å². The summed E-state index contributed by atoms with van der Waals surface area (Å²) in [6.45, 7) is 3.59. The Morgan fingerprint density at radius 2 is 1.80 bits per heavy atom. The molecule has 1 rings (SSSR count). The zero-order valence-corrected chi connectivity index (χ0v) is 11.9. The Balaban J connectivity index is 3.16. The topological polar surface area (TPSA) is 76.4 Å². The third kappa shape index (κ3) is 3.72. The average molecular weight is 296 g/mol. The highest BCUT2D eigenvalue weighted by atomic mass is 35.5. The predicted octanol–water partition coefficient (Wildman–Crippen LogP) is 2.42. The van der Waals surface area contributed by atoms with Gasteiger partial charge in [-0.25, -0.2) is 0 Å². The van der Waals surface area contributed by atoms with Crippen molar-refractivity contribution in [2.45, 2.75) is 19.8 Å². The lowest BCUT2D eigenvalue weighted by atomic mass is 9.98. The van der Waals surface area contributed by atoms with E-state index in [2.05, 4.69) is 0 Å². The quantitative estimate of drug-likeness (QED) is 0.616. The van der Waals surface area contributed by atoms with Crippen molar-refractivity contribution in [3.63, 3.8) is 0 Å². The van der Waals surface area contributed by atoms with Crippen LogP contribution in [0.1, 0.15) is 30.9 Å². The summed E-state index contributed by atoms with van der Waals surface area (Å²) in [5.74, 6) is -2.60. The summed E-state index contributed by atoms with van der Waals surface area (Å²) in [6.07, 6.45) is 0. The van der Waals surface area contributed by atoms with Gasteiger partial charge in [-0.3, -0.25) is 9.59 Å². The standard InChI is InChI=1S/C14H14ClNO4/c1-3-19-13(17)12(14(18)20-4-2)9-5-6-10(8-16)11(15)7-9/h5-7,12H,3-4H2,1-2H3. The molecule has 5 nitrogen and oxygen atoms in total. The SMILES string of the molecule is CCOC(=O)C(C(=O)OCC)c1ccc(C#N)c(Cl)c1. The fourth-order valence-electron chi connectivity index (χ4n) is 1.62. The number of hydrogen-bond acceptors (Lipinski definition) is 5. The molecule has 0 saturated heterocycles. The van der Waals surface area contributed by atoms with Crippen LogP contribution in [0.25, 0.3) is 0 Å². The Hall–Kier alpha value is -2.06. The van der Waals surface area contributed by atoms with E-state index in [9.17, 15) is 9.59 Å². The Morgan fingerprint density at radius 3 is 2.20 bits per heavy atom. The smallest absolute Gasteiger partial charge is 0.324 e. The molecule has 0 aliphatic carbocycles. The van der Waals surface area contributed by atoms with Gasteiger partial charge >= 0.3 is 11.9 Å². The van der Waals surface area contributed by atoms with Crippen LogP contribution in [0.3, 0.4) is 0 Å². The van der Waals surface area contributed by atoms with Gasteiger partial charge in [-0.1, -0.05) is 17.7 Å². The maximum atomic E-state index is 11.9. The molecule has 0 N–H and O–H groups in total. The molecule has 0 heterocycles. The molecule has 0 spiro atoms. The molecular weight excluding hydrogens is 282 g/mol. The van der Waals surface area contributed by atoms with E-state index in [4.69, 9.17) is 26.3 Å². The van der Waals surface area contributed by atoms with E-state index >= 15 is 0 Å². The Kier molecular flexibility index (Phi) is 6.01. The number of carbonyl (C=O) groups excluding carboxylic acids is 2. The van der Waals surface area contributed by atoms with E-state index in [-0.39, 0.29) is 23.8 Å². The highest BCUT2D eigenvalue weighted by molar-refractivity contribution is 6.31. The maximum absolute atomic E-state index is 11.9. The molecule has 106 valence electrons. The van der Waals surface area contributed by atoms with E-state index in [0.29, 0.717) is 5.56 Å². The number of hydrogen-bond donors (Lipinski definition) is 0. The predicted molar refractivity (Wildman–Crippen MR) is 72.2 cm³/mol. The molecule has 0 unspecified atom stereocenters. The van der Waals surface area contributed by atoms with Gasteiger partial charge in [-0.05, 0) is 31.5 Å². The van der Waals surface area contributed by atoms with Gasteiger partial charge < -0.3 is 9.47 Å². The van der Waals surface area contributed by atoms with Gasteiger partial charge in [0.25, 0.3) is 0 Å². The minimum atomic E-state index is -1.19. The normalized spacial score (nSPS) is 9.95. The molecule has 1 aromatic rings. The summed E-state index contributed by atoms with van der Waals surface area (Å²) >= 11 is 5.91. The summed E-state index contributed by atoms with van der Waals surface area (Å²) < 4.78 is 9.75. The third-order valence-corrected chi connectivity index (χ3v) is 2.80. The van der Waals surface area contributed by atoms with E-state index in [0.717, 1.165) is 0 Å². The summed E-state index contributed by atoms with van der Waals surface area (Å²) in [4.78, 5) is 23.8. The molecule has 0 aromatic heterocycles. The number of nitrogens with zero attached hydrogens (tertiary/aromatic N) is 1. The van der Waals surface area contributed by atoms with E-state index in [1.807, 2.05) is 6.07 Å².